The van der Waals surface area contributed by atoms with Gasteiger partial charge in [0.2, 0.25) is 0 Å². The molecule has 5 nitrogen and oxygen atoms in total. The van der Waals surface area contributed by atoms with Crippen LogP contribution in [-0.4, -0.2) is 26.7 Å². The topological polar surface area (TPSA) is 63.0 Å². The van der Waals surface area contributed by atoms with E-state index in [1.165, 1.54) is 5.56 Å². The molecule has 0 saturated heterocycles. The summed E-state index contributed by atoms with van der Waals surface area (Å²) in [5, 5.41) is 20.6. The lowest BCUT2D eigenvalue weighted by molar-refractivity contribution is 0.276. The van der Waals surface area contributed by atoms with E-state index in [1.54, 1.807) is 4.68 Å². The Labute approximate surface area is 126 Å². The minimum atomic E-state index is 0.181. The summed E-state index contributed by atoms with van der Waals surface area (Å²) >= 11 is 0. The Morgan fingerprint density at radius 1 is 1.29 bits per heavy atom. The molecule has 114 valence electrons. The van der Waals surface area contributed by atoms with Crippen molar-refractivity contribution < 1.29 is 5.11 Å². The van der Waals surface area contributed by atoms with Gasteiger partial charge in [-0.25, -0.2) is 0 Å². The van der Waals surface area contributed by atoms with Crippen LogP contribution < -0.4 is 5.32 Å². The maximum atomic E-state index is 8.82. The van der Waals surface area contributed by atoms with Crippen molar-refractivity contribution in [2.45, 2.75) is 45.3 Å². The molecule has 0 radical (unpaired) electrons. The van der Waals surface area contributed by atoms with Gasteiger partial charge in [0.05, 0.1) is 5.69 Å². The van der Waals surface area contributed by atoms with Crippen molar-refractivity contribution in [2.24, 2.45) is 0 Å². The molecule has 0 aliphatic rings. The Hall–Kier alpha value is -1.72. The molecular weight excluding hydrogens is 264 g/mol. The Bertz CT molecular complexity index is 512. The minimum Gasteiger partial charge on any atom is -0.396 e. The van der Waals surface area contributed by atoms with Crippen LogP contribution in [0.4, 0.5) is 0 Å². The van der Waals surface area contributed by atoms with Gasteiger partial charge in [-0.2, -0.15) is 0 Å². The molecule has 5 heteroatoms. The Morgan fingerprint density at radius 3 is 2.81 bits per heavy atom. The predicted molar refractivity (Wildman–Crippen MR) is 82.7 cm³/mol. The second kappa shape index (κ2) is 8.54. The van der Waals surface area contributed by atoms with Crippen LogP contribution >= 0.6 is 0 Å². The average Bonchev–Trinajstić information content (AvgIpc) is 2.98. The molecule has 2 aromatic rings. The van der Waals surface area contributed by atoms with Gasteiger partial charge in [0.15, 0.2) is 0 Å². The van der Waals surface area contributed by atoms with Crippen molar-refractivity contribution in [3.8, 4) is 0 Å². The summed E-state index contributed by atoms with van der Waals surface area (Å²) < 4.78 is 1.78. The van der Waals surface area contributed by atoms with Crippen LogP contribution in [0.2, 0.25) is 0 Å². The van der Waals surface area contributed by atoms with Crippen LogP contribution in [0.25, 0.3) is 0 Å². The van der Waals surface area contributed by atoms with Gasteiger partial charge in [0.1, 0.15) is 0 Å². The SMILES string of the molecule is CCCC(NCc1cn(CCCO)nn1)c1ccccc1. The van der Waals surface area contributed by atoms with Gasteiger partial charge in [-0.05, 0) is 18.4 Å². The molecule has 21 heavy (non-hydrogen) atoms. The van der Waals surface area contributed by atoms with Crippen LogP contribution in [0, 0.1) is 0 Å². The number of aliphatic hydroxyl groups is 1. The lowest BCUT2D eigenvalue weighted by Gasteiger charge is -2.17. The molecule has 0 aliphatic carbocycles. The fourth-order valence-electron chi connectivity index (χ4n) is 2.35. The number of nitrogens with one attached hydrogen (secondary N) is 1. The second-order valence-corrected chi connectivity index (χ2v) is 5.18. The van der Waals surface area contributed by atoms with Gasteiger partial charge in [-0.15, -0.1) is 5.10 Å². The lowest BCUT2D eigenvalue weighted by atomic mass is 10.0. The molecule has 1 atom stereocenters. The van der Waals surface area contributed by atoms with E-state index in [0.29, 0.717) is 25.6 Å². The highest BCUT2D eigenvalue weighted by Gasteiger charge is 2.10. The first-order valence-corrected chi connectivity index (χ1v) is 7.61. The number of rotatable bonds is 9. The summed E-state index contributed by atoms with van der Waals surface area (Å²) in [5.74, 6) is 0. The van der Waals surface area contributed by atoms with E-state index in [4.69, 9.17) is 5.11 Å². The third-order valence-electron chi connectivity index (χ3n) is 3.44. The first kappa shape index (κ1) is 15.7. The van der Waals surface area contributed by atoms with E-state index in [2.05, 4.69) is 46.8 Å². The highest BCUT2D eigenvalue weighted by molar-refractivity contribution is 5.18. The normalized spacial score (nSPS) is 12.5. The summed E-state index contributed by atoms with van der Waals surface area (Å²) in [4.78, 5) is 0. The minimum absolute atomic E-state index is 0.181. The molecule has 1 unspecified atom stereocenters. The van der Waals surface area contributed by atoms with E-state index in [1.807, 2.05) is 12.3 Å². The molecule has 2 rings (SSSR count). The summed E-state index contributed by atoms with van der Waals surface area (Å²) in [5.41, 5.74) is 2.25. The molecule has 0 saturated carbocycles. The smallest absolute Gasteiger partial charge is 0.0965 e. The Morgan fingerprint density at radius 2 is 2.10 bits per heavy atom. The molecule has 0 bridgehead atoms. The summed E-state index contributed by atoms with van der Waals surface area (Å²) in [6.07, 6.45) is 4.88. The van der Waals surface area contributed by atoms with Crippen molar-refractivity contribution in [3.05, 3.63) is 47.8 Å². The molecule has 1 aromatic carbocycles. The van der Waals surface area contributed by atoms with Crippen LogP contribution in [0.15, 0.2) is 36.5 Å². The van der Waals surface area contributed by atoms with Crippen LogP contribution in [0.3, 0.4) is 0 Å². The van der Waals surface area contributed by atoms with Crippen molar-refractivity contribution in [3.63, 3.8) is 0 Å². The highest BCUT2D eigenvalue weighted by atomic mass is 16.3. The first-order valence-electron chi connectivity index (χ1n) is 7.61. The molecule has 0 amide bonds. The molecule has 1 heterocycles. The van der Waals surface area contributed by atoms with Crippen molar-refractivity contribution >= 4 is 0 Å². The zero-order chi connectivity index (χ0) is 14.9. The third-order valence-corrected chi connectivity index (χ3v) is 3.44. The maximum absolute atomic E-state index is 8.82. The number of aromatic nitrogens is 3. The van der Waals surface area contributed by atoms with Crippen molar-refractivity contribution in [1.29, 1.82) is 0 Å². The second-order valence-electron chi connectivity index (χ2n) is 5.18. The van der Waals surface area contributed by atoms with Gasteiger partial charge < -0.3 is 10.4 Å². The van der Waals surface area contributed by atoms with Gasteiger partial charge in [0.25, 0.3) is 0 Å². The van der Waals surface area contributed by atoms with Crippen LogP contribution in [-0.2, 0) is 13.1 Å². The Kier molecular flexibility index (Phi) is 6.37. The quantitative estimate of drug-likeness (QED) is 0.743. The number of nitrogens with zero attached hydrogens (tertiary/aromatic N) is 3. The number of hydrogen-bond acceptors (Lipinski definition) is 4. The zero-order valence-electron chi connectivity index (χ0n) is 12.6. The standard InChI is InChI=1S/C16H24N4O/c1-2-7-16(14-8-4-3-5-9-14)17-12-15-13-20(19-18-15)10-6-11-21/h3-5,8-9,13,16-17,21H,2,6-7,10-12H2,1H3. The average molecular weight is 288 g/mol. The van der Waals surface area contributed by atoms with Gasteiger partial charge in [-0.1, -0.05) is 48.9 Å². The summed E-state index contributed by atoms with van der Waals surface area (Å²) in [7, 11) is 0. The highest BCUT2D eigenvalue weighted by Crippen LogP contribution is 2.18. The maximum Gasteiger partial charge on any atom is 0.0965 e. The molecule has 1 aromatic heterocycles. The van der Waals surface area contributed by atoms with E-state index < -0.39 is 0 Å². The number of hydrogen-bond donors (Lipinski definition) is 2. The molecule has 0 spiro atoms. The van der Waals surface area contributed by atoms with E-state index in [-0.39, 0.29) is 6.61 Å². The number of aryl methyl sites for hydroxylation is 1. The first-order chi connectivity index (χ1) is 10.3. The summed E-state index contributed by atoms with van der Waals surface area (Å²) in [6, 6.07) is 10.9. The molecule has 0 fully saturated rings. The predicted octanol–water partition coefficient (Wildman–Crippen LogP) is 2.29. The molecule has 0 aliphatic heterocycles. The number of benzene rings is 1. The Balaban J connectivity index is 1.91. The van der Waals surface area contributed by atoms with E-state index in [0.717, 1.165) is 18.5 Å². The van der Waals surface area contributed by atoms with Gasteiger partial charge in [-0.3, -0.25) is 4.68 Å². The van der Waals surface area contributed by atoms with E-state index in [9.17, 15) is 0 Å². The largest absolute Gasteiger partial charge is 0.396 e. The fraction of sp³-hybridized carbons (Fsp3) is 0.500. The van der Waals surface area contributed by atoms with Crippen LogP contribution in [0.5, 0.6) is 0 Å². The molecule has 2 N–H and O–H groups in total. The third kappa shape index (κ3) is 4.95. The van der Waals surface area contributed by atoms with Crippen molar-refractivity contribution in [1.82, 2.24) is 20.3 Å². The summed E-state index contributed by atoms with van der Waals surface area (Å²) in [6.45, 7) is 3.79. The van der Waals surface area contributed by atoms with Crippen molar-refractivity contribution in [2.75, 3.05) is 6.61 Å². The number of aliphatic hydroxyl groups excluding tert-OH is 1. The molecular formula is C16H24N4O. The zero-order valence-corrected chi connectivity index (χ0v) is 12.6. The van der Waals surface area contributed by atoms with Gasteiger partial charge >= 0.3 is 0 Å². The lowest BCUT2D eigenvalue weighted by Crippen LogP contribution is -2.21. The van der Waals surface area contributed by atoms with E-state index >= 15 is 0 Å². The van der Waals surface area contributed by atoms with Gasteiger partial charge in [0, 0.05) is 31.9 Å². The monoisotopic (exact) mass is 288 g/mol. The van der Waals surface area contributed by atoms with Crippen LogP contribution in [0.1, 0.15) is 43.5 Å². The fourth-order valence-corrected chi connectivity index (χ4v) is 2.35.